The van der Waals surface area contributed by atoms with Gasteiger partial charge in [-0.1, -0.05) is 111 Å². The number of ether oxygens (including phenoxy) is 2. The zero-order valence-electron chi connectivity index (χ0n) is 44.5. The van der Waals surface area contributed by atoms with E-state index in [9.17, 15) is 19.2 Å². The van der Waals surface area contributed by atoms with Crippen LogP contribution < -0.4 is 36.1 Å². The second-order valence-corrected chi connectivity index (χ2v) is 22.6. The van der Waals surface area contributed by atoms with Crippen molar-refractivity contribution >= 4 is 23.9 Å². The van der Waals surface area contributed by atoms with Gasteiger partial charge < -0.3 is 36.1 Å². The molecule has 2 aromatic rings. The number of hydrogen-bond donors (Lipinski definition) is 5. The lowest BCUT2D eigenvalue weighted by atomic mass is 9.49. The van der Waals surface area contributed by atoms with Crippen LogP contribution >= 0.6 is 0 Å². The molecule has 6 atom stereocenters. The van der Waals surface area contributed by atoms with E-state index in [0.717, 1.165) is 168 Å². The minimum absolute atomic E-state index is 0.117. The molecule has 2 aromatic carbocycles. The molecule has 2 fully saturated rings. The third-order valence-corrected chi connectivity index (χ3v) is 17.5. The molecular formula is C59H93N5O6. The molecular weight excluding hydrogens is 875 g/mol. The molecule has 6 rings (SSSR count). The molecule has 0 heterocycles. The highest BCUT2D eigenvalue weighted by molar-refractivity contribution is 5.84. The number of rotatable bonds is 28. The topological polar surface area (TPSA) is 147 Å². The van der Waals surface area contributed by atoms with Crippen LogP contribution in [0.25, 0.3) is 0 Å². The predicted octanol–water partition coefficient (Wildman–Crippen LogP) is 11.3. The van der Waals surface area contributed by atoms with Crippen LogP contribution in [0.5, 0.6) is 11.5 Å². The van der Waals surface area contributed by atoms with E-state index in [-0.39, 0.29) is 45.9 Å². The van der Waals surface area contributed by atoms with E-state index in [1.807, 2.05) is 12.1 Å². The molecule has 11 heteroatoms. The molecule has 5 N–H and O–H groups in total. The molecule has 0 bridgehead atoms. The van der Waals surface area contributed by atoms with Crippen LogP contribution in [0.15, 0.2) is 36.4 Å². The van der Waals surface area contributed by atoms with Crippen LogP contribution in [0.4, 0.5) is 4.79 Å². The number of unbranched alkanes of at least 4 members (excludes halogenated alkanes) is 8. The number of esters is 1. The van der Waals surface area contributed by atoms with Gasteiger partial charge in [0, 0.05) is 26.1 Å². The largest absolute Gasteiger partial charge is 0.427 e. The fraction of sp³-hybridized carbons (Fsp3) is 0.729. The van der Waals surface area contributed by atoms with Gasteiger partial charge in [-0.15, -0.1) is 0 Å². The molecule has 3 amide bonds. The molecule has 11 nitrogen and oxygen atoms in total. The summed E-state index contributed by atoms with van der Waals surface area (Å²) < 4.78 is 11.7. The molecule has 0 spiro atoms. The Morgan fingerprint density at radius 3 is 1.47 bits per heavy atom. The summed E-state index contributed by atoms with van der Waals surface area (Å²) in [7, 11) is 0. The average Bonchev–Trinajstić information content (AvgIpc) is 3.34. The first-order chi connectivity index (χ1) is 33.8. The van der Waals surface area contributed by atoms with Crippen molar-refractivity contribution < 1.29 is 28.7 Å². The van der Waals surface area contributed by atoms with E-state index in [0.29, 0.717) is 24.5 Å². The zero-order valence-corrected chi connectivity index (χ0v) is 44.5. The standard InChI is InChI=1S/C59H93N5O6/c1-7-9-14-39-62-53(66)58(5)33-19-31-56(3)48-42-46(27-23-44(48)25-29-50(56)58)69-52(65)22-18-37-60-35-16-12-11-13-17-36-61-38-21-41-64-55(68)70-47-28-24-45-26-30-51-57(4,49(45)43-47)32-20-34-59(51,6)54(67)63-40-15-10-8-2/h23-24,27-28,42-43,50-51,60-61H,7-22,25-26,29-41H2,1-6H3,(H,62,66)(H,63,67)(H,64,68)/t50-,51-,56-,57-,58+,59+/m1/s1. The lowest BCUT2D eigenvalue weighted by Gasteiger charge is -2.54. The van der Waals surface area contributed by atoms with E-state index in [4.69, 9.17) is 9.47 Å². The zero-order chi connectivity index (χ0) is 50.0. The Kier molecular flexibility index (Phi) is 21.1. The van der Waals surface area contributed by atoms with Gasteiger partial charge in [0.2, 0.25) is 11.8 Å². The first kappa shape index (κ1) is 55.4. The third kappa shape index (κ3) is 14.0. The van der Waals surface area contributed by atoms with E-state index < -0.39 is 11.5 Å². The highest BCUT2D eigenvalue weighted by atomic mass is 16.6. The van der Waals surface area contributed by atoms with Crippen LogP contribution in [0, 0.1) is 22.7 Å². The Bertz CT molecular complexity index is 1880. The van der Waals surface area contributed by atoms with E-state index >= 15 is 0 Å². The maximum atomic E-state index is 13.6. The summed E-state index contributed by atoms with van der Waals surface area (Å²) in [6, 6.07) is 12.3. The van der Waals surface area contributed by atoms with Crippen molar-refractivity contribution in [3.63, 3.8) is 0 Å². The van der Waals surface area contributed by atoms with Gasteiger partial charge in [-0.3, -0.25) is 14.4 Å². The van der Waals surface area contributed by atoms with Gasteiger partial charge in [0.25, 0.3) is 0 Å². The predicted molar refractivity (Wildman–Crippen MR) is 283 cm³/mol. The van der Waals surface area contributed by atoms with Gasteiger partial charge in [0.05, 0.1) is 10.8 Å². The fourth-order valence-electron chi connectivity index (χ4n) is 13.5. The summed E-state index contributed by atoms with van der Waals surface area (Å²) in [5.41, 5.74) is 4.11. The van der Waals surface area contributed by atoms with Crippen molar-refractivity contribution in [2.24, 2.45) is 22.7 Å². The monoisotopic (exact) mass is 968 g/mol. The first-order valence-electron chi connectivity index (χ1n) is 28.2. The second-order valence-electron chi connectivity index (χ2n) is 22.6. The van der Waals surface area contributed by atoms with Crippen molar-refractivity contribution in [1.29, 1.82) is 0 Å². The molecule has 70 heavy (non-hydrogen) atoms. The van der Waals surface area contributed by atoms with Crippen LogP contribution in [-0.2, 0) is 38.1 Å². The lowest BCUT2D eigenvalue weighted by molar-refractivity contribution is -0.139. The van der Waals surface area contributed by atoms with E-state index in [1.54, 1.807) is 0 Å². The van der Waals surface area contributed by atoms with E-state index in [1.165, 1.54) is 41.5 Å². The quantitative estimate of drug-likeness (QED) is 0.0322. The van der Waals surface area contributed by atoms with Gasteiger partial charge in [0.15, 0.2) is 0 Å². The SMILES string of the molecule is CCCCCNC(=O)[C@@]1(C)CCC[C@]2(C)c3cc(OC(=O)CCCNCCCCCCCNCCCNC(=O)Oc4ccc5c(c4)[C@@]4(C)CCC[C@](C)(C(=O)NCCCCC)[C@@H]4CC5)ccc3CC[C@@H]12. The summed E-state index contributed by atoms with van der Waals surface area (Å²) in [5, 5.41) is 16.5. The maximum Gasteiger partial charge on any atom is 0.412 e. The number of hydrogen-bond acceptors (Lipinski definition) is 8. The first-order valence-corrected chi connectivity index (χ1v) is 28.2. The summed E-state index contributed by atoms with van der Waals surface area (Å²) >= 11 is 0. The highest BCUT2D eigenvalue weighted by Crippen LogP contribution is 2.59. The molecule has 4 aliphatic carbocycles. The van der Waals surface area contributed by atoms with Gasteiger partial charge in [-0.2, -0.15) is 0 Å². The van der Waals surface area contributed by atoms with Crippen LogP contribution in [-0.4, -0.2) is 69.7 Å². The second kappa shape index (κ2) is 26.7. The Hall–Kier alpha value is -3.96. The molecule has 2 saturated carbocycles. The van der Waals surface area contributed by atoms with Gasteiger partial charge in [0.1, 0.15) is 11.5 Å². The number of nitrogens with one attached hydrogen (secondary N) is 5. The Labute approximate surface area is 422 Å². The van der Waals surface area contributed by atoms with Gasteiger partial charge >= 0.3 is 12.1 Å². The van der Waals surface area contributed by atoms with E-state index in [2.05, 4.69) is 92.4 Å². The number of fused-ring (bicyclic) bond motifs is 6. The summed E-state index contributed by atoms with van der Waals surface area (Å²) in [5.74, 6) is 1.93. The van der Waals surface area contributed by atoms with Crippen LogP contribution in [0.1, 0.15) is 205 Å². The van der Waals surface area contributed by atoms with Crippen molar-refractivity contribution in [2.75, 3.05) is 45.8 Å². The van der Waals surface area contributed by atoms with Crippen LogP contribution in [0.3, 0.4) is 0 Å². The fourth-order valence-corrected chi connectivity index (χ4v) is 13.5. The molecule has 0 aliphatic heterocycles. The smallest absolute Gasteiger partial charge is 0.412 e. The minimum atomic E-state index is -0.423. The molecule has 0 radical (unpaired) electrons. The van der Waals surface area contributed by atoms with Crippen molar-refractivity contribution in [3.8, 4) is 11.5 Å². The minimum Gasteiger partial charge on any atom is -0.427 e. The lowest BCUT2D eigenvalue weighted by Crippen LogP contribution is -2.55. The van der Waals surface area contributed by atoms with Crippen LogP contribution in [0.2, 0.25) is 0 Å². The Morgan fingerprint density at radius 2 is 0.957 bits per heavy atom. The average molecular weight is 968 g/mol. The number of aryl methyl sites for hydroxylation is 2. The molecule has 0 saturated heterocycles. The number of amides is 3. The number of carbonyl (C=O) groups is 4. The van der Waals surface area contributed by atoms with Crippen molar-refractivity contribution in [2.45, 2.75) is 206 Å². The Balaban J connectivity index is 0.779. The van der Waals surface area contributed by atoms with Gasteiger partial charge in [-0.05, 0) is 185 Å². The summed E-state index contributed by atoms with van der Waals surface area (Å²) in [6.07, 6.45) is 23.8. The molecule has 0 unspecified atom stereocenters. The normalized spacial score (nSPS) is 25.6. The summed E-state index contributed by atoms with van der Waals surface area (Å²) in [4.78, 5) is 52.9. The number of benzene rings is 2. The molecule has 390 valence electrons. The van der Waals surface area contributed by atoms with Crippen molar-refractivity contribution in [3.05, 3.63) is 58.7 Å². The highest BCUT2D eigenvalue weighted by Gasteiger charge is 2.56. The third-order valence-electron chi connectivity index (χ3n) is 17.5. The summed E-state index contributed by atoms with van der Waals surface area (Å²) in [6.45, 7) is 19.0. The number of carbonyl (C=O) groups excluding carboxylic acids is 4. The van der Waals surface area contributed by atoms with Crippen molar-refractivity contribution in [1.82, 2.24) is 26.6 Å². The van der Waals surface area contributed by atoms with Gasteiger partial charge in [-0.25, -0.2) is 4.79 Å². The molecule has 4 aliphatic rings. The maximum absolute atomic E-state index is 13.6. The molecule has 0 aromatic heterocycles. The Morgan fingerprint density at radius 1 is 0.514 bits per heavy atom.